The van der Waals surface area contributed by atoms with Crippen LogP contribution < -0.4 is 9.47 Å². The van der Waals surface area contributed by atoms with E-state index in [1.807, 2.05) is 36.4 Å². The molecule has 2 aliphatic rings. The van der Waals surface area contributed by atoms with Gasteiger partial charge in [0, 0.05) is 11.0 Å². The normalized spacial score (nSPS) is 20.3. The Morgan fingerprint density at radius 1 is 0.931 bits per heavy atom. The van der Waals surface area contributed by atoms with Crippen molar-refractivity contribution in [3.63, 3.8) is 0 Å². The third-order valence-electron chi connectivity index (χ3n) is 6.73. The Bertz CT molecular complexity index is 953. The van der Waals surface area contributed by atoms with Crippen molar-refractivity contribution in [3.05, 3.63) is 64.7 Å². The van der Waals surface area contributed by atoms with Crippen molar-refractivity contribution in [2.24, 2.45) is 5.41 Å². The molecule has 2 aromatic carbocycles. The minimum absolute atomic E-state index is 0.180. The Kier molecular flexibility index (Phi) is 5.24. The second kappa shape index (κ2) is 7.70. The molecule has 0 N–H and O–H groups in total. The SMILES string of the molecule is COc1cc2c(cc1OC)C(C(=O)c1ccccc1)C(C)(C)C1=C2CCCCC1. The highest BCUT2D eigenvalue weighted by Crippen LogP contribution is 2.56. The summed E-state index contributed by atoms with van der Waals surface area (Å²) in [4.78, 5) is 13.8. The molecule has 0 saturated heterocycles. The molecule has 0 fully saturated rings. The summed E-state index contributed by atoms with van der Waals surface area (Å²) in [5.74, 6) is 1.36. The van der Waals surface area contributed by atoms with Crippen molar-refractivity contribution < 1.29 is 14.3 Å². The molecule has 4 rings (SSSR count). The summed E-state index contributed by atoms with van der Waals surface area (Å²) in [6.07, 6.45) is 5.75. The zero-order chi connectivity index (χ0) is 20.6. The molecule has 3 nitrogen and oxygen atoms in total. The fourth-order valence-corrected chi connectivity index (χ4v) is 5.29. The van der Waals surface area contributed by atoms with Crippen LogP contribution in [-0.4, -0.2) is 20.0 Å². The van der Waals surface area contributed by atoms with Gasteiger partial charge in [-0.2, -0.15) is 0 Å². The highest BCUT2D eigenvalue weighted by molar-refractivity contribution is 6.03. The summed E-state index contributed by atoms with van der Waals surface area (Å²) in [6.45, 7) is 4.50. The van der Waals surface area contributed by atoms with Crippen molar-refractivity contribution in [2.75, 3.05) is 14.2 Å². The van der Waals surface area contributed by atoms with Gasteiger partial charge in [-0.25, -0.2) is 0 Å². The largest absolute Gasteiger partial charge is 0.493 e. The molecule has 0 radical (unpaired) electrons. The number of fused-ring (bicyclic) bond motifs is 2. The Morgan fingerprint density at radius 3 is 2.28 bits per heavy atom. The van der Waals surface area contributed by atoms with Gasteiger partial charge in [0.15, 0.2) is 17.3 Å². The second-order valence-corrected chi connectivity index (χ2v) is 8.70. The Hall–Kier alpha value is -2.55. The highest BCUT2D eigenvalue weighted by atomic mass is 16.5. The van der Waals surface area contributed by atoms with E-state index in [1.54, 1.807) is 14.2 Å². The van der Waals surface area contributed by atoms with E-state index in [0.29, 0.717) is 5.75 Å². The van der Waals surface area contributed by atoms with Gasteiger partial charge >= 0.3 is 0 Å². The third kappa shape index (κ3) is 3.27. The van der Waals surface area contributed by atoms with Crippen molar-refractivity contribution in [1.29, 1.82) is 0 Å². The van der Waals surface area contributed by atoms with Crippen molar-refractivity contribution in [3.8, 4) is 11.5 Å². The van der Waals surface area contributed by atoms with E-state index in [2.05, 4.69) is 19.9 Å². The molecular weight excluding hydrogens is 360 g/mol. The van der Waals surface area contributed by atoms with Crippen LogP contribution in [0.3, 0.4) is 0 Å². The summed E-state index contributed by atoms with van der Waals surface area (Å²) < 4.78 is 11.2. The van der Waals surface area contributed by atoms with E-state index in [9.17, 15) is 4.79 Å². The quantitative estimate of drug-likeness (QED) is 0.565. The molecule has 3 heteroatoms. The number of carbonyl (C=O) groups is 1. The average molecular weight is 391 g/mol. The monoisotopic (exact) mass is 390 g/mol. The van der Waals surface area contributed by atoms with E-state index in [0.717, 1.165) is 29.7 Å². The first kappa shape index (κ1) is 19.8. The number of ether oxygens (including phenoxy) is 2. The molecule has 29 heavy (non-hydrogen) atoms. The average Bonchev–Trinajstić information content (AvgIpc) is 3.00. The number of rotatable bonds is 4. The summed E-state index contributed by atoms with van der Waals surface area (Å²) in [6, 6.07) is 13.8. The molecule has 1 unspecified atom stereocenters. The van der Waals surface area contributed by atoms with E-state index in [4.69, 9.17) is 9.47 Å². The zero-order valence-electron chi connectivity index (χ0n) is 17.9. The van der Waals surface area contributed by atoms with Gasteiger partial charge in [0.2, 0.25) is 0 Å². The summed E-state index contributed by atoms with van der Waals surface area (Å²) >= 11 is 0. The molecule has 0 aromatic heterocycles. The standard InChI is InChI=1S/C26H30O3/c1-26(2)21-14-10-6-9-13-18(21)19-15-22(28-3)23(29-4)16-20(19)24(26)25(27)17-11-7-5-8-12-17/h5,7-8,11-12,15-16,24H,6,9-10,13-14H2,1-4H3. The molecule has 0 heterocycles. The molecule has 0 saturated carbocycles. The number of carbonyl (C=O) groups excluding carboxylic acids is 1. The lowest BCUT2D eigenvalue weighted by atomic mass is 9.60. The maximum atomic E-state index is 13.8. The van der Waals surface area contributed by atoms with Gasteiger partial charge in [0.1, 0.15) is 0 Å². The van der Waals surface area contributed by atoms with Crippen LogP contribution in [0, 0.1) is 5.41 Å². The van der Waals surface area contributed by atoms with Gasteiger partial charge < -0.3 is 9.47 Å². The molecule has 0 amide bonds. The van der Waals surface area contributed by atoms with Gasteiger partial charge in [0.25, 0.3) is 0 Å². The first-order valence-corrected chi connectivity index (χ1v) is 10.6. The molecule has 0 spiro atoms. The van der Waals surface area contributed by atoms with Gasteiger partial charge in [-0.3, -0.25) is 4.79 Å². The van der Waals surface area contributed by atoms with Crippen LogP contribution in [0.15, 0.2) is 48.0 Å². The summed E-state index contributed by atoms with van der Waals surface area (Å²) in [7, 11) is 3.33. The maximum absolute atomic E-state index is 13.8. The number of hydrogen-bond acceptors (Lipinski definition) is 3. The lowest BCUT2D eigenvalue weighted by molar-refractivity contribution is 0.0902. The molecule has 152 valence electrons. The Labute approximate surface area is 173 Å². The molecule has 2 aromatic rings. The zero-order valence-corrected chi connectivity index (χ0v) is 17.9. The van der Waals surface area contributed by atoms with Gasteiger partial charge in [-0.05, 0) is 54.5 Å². The van der Waals surface area contributed by atoms with E-state index >= 15 is 0 Å². The van der Waals surface area contributed by atoms with Gasteiger partial charge in [-0.15, -0.1) is 0 Å². The fraction of sp³-hybridized carbons (Fsp3) is 0.423. The van der Waals surface area contributed by atoms with Crippen molar-refractivity contribution in [1.82, 2.24) is 0 Å². The van der Waals surface area contributed by atoms with Gasteiger partial charge in [0.05, 0.1) is 20.1 Å². The third-order valence-corrected chi connectivity index (χ3v) is 6.73. The molecule has 0 aliphatic heterocycles. The predicted octanol–water partition coefficient (Wildman–Crippen LogP) is 6.43. The smallest absolute Gasteiger partial charge is 0.171 e. The molecule has 0 bridgehead atoms. The Balaban J connectivity index is 1.97. The van der Waals surface area contributed by atoms with Crippen molar-refractivity contribution >= 4 is 11.4 Å². The van der Waals surface area contributed by atoms with Crippen molar-refractivity contribution in [2.45, 2.75) is 51.9 Å². The van der Waals surface area contributed by atoms with E-state index < -0.39 is 0 Å². The predicted molar refractivity (Wildman–Crippen MR) is 117 cm³/mol. The lowest BCUT2D eigenvalue weighted by Crippen LogP contribution is -2.35. The highest BCUT2D eigenvalue weighted by Gasteiger charge is 2.45. The van der Waals surface area contributed by atoms with Crippen LogP contribution in [0.4, 0.5) is 0 Å². The lowest BCUT2D eigenvalue weighted by Gasteiger charge is -2.43. The van der Waals surface area contributed by atoms with E-state index in [1.165, 1.54) is 36.0 Å². The topological polar surface area (TPSA) is 35.5 Å². The van der Waals surface area contributed by atoms with E-state index in [-0.39, 0.29) is 17.1 Å². The molecular formula is C26H30O3. The number of Topliss-reactive ketones (excluding diaryl/α,β-unsaturated/α-hetero) is 1. The summed E-state index contributed by atoms with van der Waals surface area (Å²) in [5, 5.41) is 0. The number of hydrogen-bond donors (Lipinski definition) is 0. The number of allylic oxidation sites excluding steroid dienone is 2. The van der Waals surface area contributed by atoms with Crippen LogP contribution in [0.5, 0.6) is 11.5 Å². The second-order valence-electron chi connectivity index (χ2n) is 8.70. The van der Waals surface area contributed by atoms with Gasteiger partial charge in [-0.1, -0.05) is 56.2 Å². The first-order chi connectivity index (χ1) is 14.0. The fourth-order valence-electron chi connectivity index (χ4n) is 5.29. The minimum atomic E-state index is -0.239. The number of methoxy groups -OCH3 is 2. The first-order valence-electron chi connectivity index (χ1n) is 10.6. The number of benzene rings is 2. The molecule has 1 atom stereocenters. The summed E-state index contributed by atoms with van der Waals surface area (Å²) in [5.41, 5.74) is 5.64. The van der Waals surface area contributed by atoms with Crippen LogP contribution >= 0.6 is 0 Å². The molecule has 2 aliphatic carbocycles. The number of ketones is 1. The Morgan fingerprint density at radius 2 is 1.59 bits per heavy atom. The van der Waals surface area contributed by atoms with Crippen LogP contribution in [-0.2, 0) is 0 Å². The van der Waals surface area contributed by atoms with Crippen LogP contribution in [0.1, 0.15) is 73.4 Å². The maximum Gasteiger partial charge on any atom is 0.171 e. The van der Waals surface area contributed by atoms with Crippen LogP contribution in [0.25, 0.3) is 5.57 Å². The van der Waals surface area contributed by atoms with Crippen LogP contribution in [0.2, 0.25) is 0 Å². The minimum Gasteiger partial charge on any atom is -0.493 e.